The van der Waals surface area contributed by atoms with E-state index < -0.39 is 0 Å². The molecule has 0 aliphatic carbocycles. The number of likely N-dealkylation sites (N-methyl/N-ethyl adjacent to an activating group) is 1. The Hall–Kier alpha value is -1.58. The van der Waals surface area contributed by atoms with Gasteiger partial charge in [0.05, 0.1) is 20.1 Å². The maximum atomic E-state index is 12.5. The van der Waals surface area contributed by atoms with E-state index in [9.17, 15) is 10.1 Å². The third-order valence-electron chi connectivity index (χ3n) is 4.03. The molecule has 0 saturated carbocycles. The summed E-state index contributed by atoms with van der Waals surface area (Å²) in [5.74, 6) is 0.611. The van der Waals surface area contributed by atoms with E-state index in [-0.39, 0.29) is 12.5 Å². The van der Waals surface area contributed by atoms with Gasteiger partial charge in [-0.25, -0.2) is 0 Å². The van der Waals surface area contributed by atoms with Gasteiger partial charge in [-0.15, -0.1) is 0 Å². The topological polar surface area (TPSA) is 65.7 Å². The van der Waals surface area contributed by atoms with Crippen LogP contribution in [0.2, 0.25) is 0 Å². The molecule has 0 bridgehead atoms. The van der Waals surface area contributed by atoms with Crippen LogP contribution in [-0.2, 0) is 11.4 Å². The summed E-state index contributed by atoms with van der Waals surface area (Å²) in [6.45, 7) is 0.277. The molecule has 0 spiro atoms. The average Bonchev–Trinajstić information content (AvgIpc) is 2.95. The van der Waals surface area contributed by atoms with Crippen molar-refractivity contribution in [1.82, 2.24) is 4.90 Å². The second kappa shape index (κ2) is 9.28. The van der Waals surface area contributed by atoms with Crippen molar-refractivity contribution >= 4 is 74.1 Å². The number of aliphatic imine (C=N–C) groups is 1. The first-order valence-electron chi connectivity index (χ1n) is 8.18. The lowest BCUT2D eigenvalue weighted by Gasteiger charge is -2.13. The monoisotopic (exact) mass is 615 g/mol. The largest absolute Gasteiger partial charge is 0.487 e. The Bertz CT molecular complexity index is 1040. The number of rotatable bonds is 4. The van der Waals surface area contributed by atoms with Gasteiger partial charge in [0, 0.05) is 28.8 Å². The molecule has 1 heterocycles. The highest BCUT2D eigenvalue weighted by molar-refractivity contribution is 14.1. The third-order valence-corrected chi connectivity index (χ3v) is 6.60. The summed E-state index contributed by atoms with van der Waals surface area (Å²) in [6, 6.07) is 13.6. The highest BCUT2D eigenvalue weighted by Crippen LogP contribution is 2.36. The molecule has 5 nitrogen and oxygen atoms in total. The van der Waals surface area contributed by atoms with Gasteiger partial charge in [-0.3, -0.25) is 14.7 Å². The second-order valence-electron chi connectivity index (χ2n) is 5.84. The molecule has 1 saturated heterocycles. The first-order valence-corrected chi connectivity index (χ1v) is 11.2. The molecule has 0 N–H and O–H groups in total. The Morgan fingerprint density at radius 3 is 2.75 bits per heavy atom. The Balaban J connectivity index is 1.96. The van der Waals surface area contributed by atoms with Crippen molar-refractivity contribution in [3.63, 3.8) is 0 Å². The van der Waals surface area contributed by atoms with Crippen molar-refractivity contribution in [2.75, 3.05) is 14.1 Å². The molecule has 1 aliphatic heterocycles. The minimum atomic E-state index is -0.0831. The molecule has 3 rings (SSSR count). The number of ether oxygens (including phenoxy) is 1. The van der Waals surface area contributed by atoms with E-state index in [1.54, 1.807) is 25.1 Å². The van der Waals surface area contributed by atoms with Crippen LogP contribution in [0.1, 0.15) is 16.7 Å². The number of benzene rings is 2. The SMILES string of the molecule is CN=C1S/C(=C/c2cc(I)cc(I)c2OCc2ccccc2C#N)C(=O)N1C. The number of halogens is 2. The number of carbonyl (C=O) groups is 1. The molecule has 2 aromatic rings. The predicted molar refractivity (Wildman–Crippen MR) is 129 cm³/mol. The zero-order chi connectivity index (χ0) is 20.3. The summed E-state index contributed by atoms with van der Waals surface area (Å²) in [4.78, 5) is 18.8. The molecule has 0 atom stereocenters. The fraction of sp³-hybridized carbons (Fsp3) is 0.150. The molecule has 8 heteroatoms. The van der Waals surface area contributed by atoms with Gasteiger partial charge in [0.25, 0.3) is 5.91 Å². The van der Waals surface area contributed by atoms with Crippen LogP contribution in [0.25, 0.3) is 6.08 Å². The van der Waals surface area contributed by atoms with Crippen molar-refractivity contribution in [3.8, 4) is 11.8 Å². The van der Waals surface area contributed by atoms with Crippen molar-refractivity contribution in [2.24, 2.45) is 4.99 Å². The zero-order valence-electron chi connectivity index (χ0n) is 15.1. The highest BCUT2D eigenvalue weighted by atomic mass is 127. The normalized spacial score (nSPS) is 16.7. The number of thioether (sulfide) groups is 1. The fourth-order valence-electron chi connectivity index (χ4n) is 2.64. The average molecular weight is 615 g/mol. The van der Waals surface area contributed by atoms with E-state index in [2.05, 4.69) is 56.2 Å². The van der Waals surface area contributed by atoms with Gasteiger partial charge in [-0.2, -0.15) is 5.26 Å². The summed E-state index contributed by atoms with van der Waals surface area (Å²) in [5.41, 5.74) is 2.24. The van der Waals surface area contributed by atoms with Crippen molar-refractivity contribution < 1.29 is 9.53 Å². The first-order chi connectivity index (χ1) is 13.4. The molecular formula is C20H15I2N3O2S. The van der Waals surface area contributed by atoms with Crippen LogP contribution in [0.4, 0.5) is 0 Å². The van der Waals surface area contributed by atoms with E-state index in [4.69, 9.17) is 4.74 Å². The fourth-order valence-corrected chi connectivity index (χ4v) is 5.60. The van der Waals surface area contributed by atoms with Gasteiger partial charge in [0.2, 0.25) is 0 Å². The van der Waals surface area contributed by atoms with Gasteiger partial charge in [0.15, 0.2) is 5.17 Å². The molecule has 1 amide bonds. The maximum Gasteiger partial charge on any atom is 0.266 e. The Kier molecular flexibility index (Phi) is 7.00. The van der Waals surface area contributed by atoms with E-state index in [1.807, 2.05) is 36.4 Å². The number of nitrogens with zero attached hydrogens (tertiary/aromatic N) is 3. The molecule has 1 fully saturated rings. The van der Waals surface area contributed by atoms with E-state index in [1.165, 1.54) is 11.8 Å². The predicted octanol–water partition coefficient (Wildman–Crippen LogP) is 4.88. The minimum absolute atomic E-state index is 0.0831. The Morgan fingerprint density at radius 2 is 2.07 bits per heavy atom. The van der Waals surface area contributed by atoms with E-state index >= 15 is 0 Å². The summed E-state index contributed by atoms with van der Waals surface area (Å²) < 4.78 is 8.10. The number of nitriles is 1. The lowest BCUT2D eigenvalue weighted by atomic mass is 10.1. The summed E-state index contributed by atoms with van der Waals surface area (Å²) in [6.07, 6.45) is 1.84. The van der Waals surface area contributed by atoms with Crippen molar-refractivity contribution in [1.29, 1.82) is 5.26 Å². The second-order valence-corrected chi connectivity index (χ2v) is 9.26. The molecule has 1 aliphatic rings. The van der Waals surface area contributed by atoms with Gasteiger partial charge >= 0.3 is 0 Å². The van der Waals surface area contributed by atoms with Crippen LogP contribution in [0.3, 0.4) is 0 Å². The van der Waals surface area contributed by atoms with Crippen LogP contribution < -0.4 is 4.74 Å². The van der Waals surface area contributed by atoms with Crippen LogP contribution in [0.15, 0.2) is 46.3 Å². The number of amides is 1. The zero-order valence-corrected chi connectivity index (χ0v) is 20.2. The quantitative estimate of drug-likeness (QED) is 0.364. The van der Waals surface area contributed by atoms with Crippen molar-refractivity contribution in [2.45, 2.75) is 6.61 Å². The summed E-state index contributed by atoms with van der Waals surface area (Å²) >= 11 is 5.82. The summed E-state index contributed by atoms with van der Waals surface area (Å²) in [5, 5.41) is 9.95. The van der Waals surface area contributed by atoms with Crippen LogP contribution in [0.5, 0.6) is 5.75 Å². The van der Waals surface area contributed by atoms with E-state index in [0.717, 1.165) is 18.3 Å². The maximum absolute atomic E-state index is 12.5. The van der Waals surface area contributed by atoms with Gasteiger partial charge < -0.3 is 4.74 Å². The number of carbonyl (C=O) groups excluding carboxylic acids is 1. The lowest BCUT2D eigenvalue weighted by Crippen LogP contribution is -2.23. The first kappa shape index (κ1) is 21.1. The van der Waals surface area contributed by atoms with Crippen LogP contribution in [0, 0.1) is 18.5 Å². The molecule has 0 radical (unpaired) electrons. The Morgan fingerprint density at radius 1 is 1.32 bits per heavy atom. The molecule has 142 valence electrons. The number of hydrogen-bond acceptors (Lipinski definition) is 5. The number of amidine groups is 1. The van der Waals surface area contributed by atoms with E-state index in [0.29, 0.717) is 21.4 Å². The third kappa shape index (κ3) is 4.52. The number of hydrogen-bond donors (Lipinski definition) is 0. The smallest absolute Gasteiger partial charge is 0.266 e. The standard InChI is InChI=1S/C20H15I2N3O2S/c1-24-20-25(2)19(26)17(28-20)8-14-7-15(21)9-16(22)18(14)27-11-13-6-4-3-5-12(13)10-23/h3-9H,11H2,1-2H3/b17-8+,24-20?. The molecule has 0 unspecified atom stereocenters. The van der Waals surface area contributed by atoms with Crippen molar-refractivity contribution in [3.05, 3.63) is 65.1 Å². The minimum Gasteiger partial charge on any atom is -0.487 e. The van der Waals surface area contributed by atoms with Gasteiger partial charge in [0.1, 0.15) is 12.4 Å². The van der Waals surface area contributed by atoms with Crippen LogP contribution in [-0.4, -0.2) is 30.1 Å². The Labute approximate surface area is 195 Å². The van der Waals surface area contributed by atoms with Gasteiger partial charge in [-0.05, 0) is 81.2 Å². The highest BCUT2D eigenvalue weighted by Gasteiger charge is 2.30. The summed E-state index contributed by atoms with van der Waals surface area (Å²) in [7, 11) is 3.39. The van der Waals surface area contributed by atoms with Crippen LogP contribution >= 0.6 is 56.9 Å². The molecular weight excluding hydrogens is 600 g/mol. The molecule has 28 heavy (non-hydrogen) atoms. The lowest BCUT2D eigenvalue weighted by molar-refractivity contribution is -0.121. The molecule has 0 aromatic heterocycles. The van der Waals surface area contributed by atoms with Gasteiger partial charge in [-0.1, -0.05) is 18.2 Å². The molecule has 2 aromatic carbocycles.